The lowest BCUT2D eigenvalue weighted by Crippen LogP contribution is -2.41. The first-order valence-corrected chi connectivity index (χ1v) is 7.85. The molecule has 0 unspecified atom stereocenters. The van der Waals surface area contributed by atoms with Crippen molar-refractivity contribution in [1.82, 2.24) is 0 Å². The third kappa shape index (κ3) is 4.70. The van der Waals surface area contributed by atoms with Gasteiger partial charge in [0.15, 0.2) is 5.41 Å². The third-order valence-electron chi connectivity index (χ3n) is 4.28. The molecule has 0 aromatic heterocycles. The van der Waals surface area contributed by atoms with Gasteiger partial charge in [-0.3, -0.25) is 9.59 Å². The highest BCUT2D eigenvalue weighted by molar-refractivity contribution is 5.99. The van der Waals surface area contributed by atoms with Crippen LogP contribution in [0.3, 0.4) is 0 Å². The molecule has 1 fully saturated rings. The van der Waals surface area contributed by atoms with Gasteiger partial charge >= 0.3 is 11.9 Å². The summed E-state index contributed by atoms with van der Waals surface area (Å²) in [5.41, 5.74) is -1.20. The van der Waals surface area contributed by atoms with E-state index < -0.39 is 17.4 Å². The van der Waals surface area contributed by atoms with E-state index in [4.69, 9.17) is 14.2 Å². The zero-order valence-electron chi connectivity index (χ0n) is 13.6. The monoisotopic (exact) mass is 300 g/mol. The van der Waals surface area contributed by atoms with Gasteiger partial charge in [0.2, 0.25) is 0 Å². The summed E-state index contributed by atoms with van der Waals surface area (Å²) in [7, 11) is 1.73. The van der Waals surface area contributed by atoms with Gasteiger partial charge in [0.25, 0.3) is 0 Å². The molecule has 0 radical (unpaired) electrons. The lowest BCUT2D eigenvalue weighted by atomic mass is 9.75. The van der Waals surface area contributed by atoms with Crippen molar-refractivity contribution in [2.75, 3.05) is 20.3 Å². The van der Waals surface area contributed by atoms with Crippen LogP contribution in [0.15, 0.2) is 0 Å². The smallest absolute Gasteiger partial charge is 0.323 e. The molecule has 0 aromatic rings. The molecule has 0 bridgehead atoms. The van der Waals surface area contributed by atoms with Crippen molar-refractivity contribution >= 4 is 11.9 Å². The molecule has 0 heterocycles. The van der Waals surface area contributed by atoms with Gasteiger partial charge in [0.1, 0.15) is 0 Å². The molecule has 5 nitrogen and oxygen atoms in total. The minimum Gasteiger partial charge on any atom is -0.465 e. The van der Waals surface area contributed by atoms with Crippen LogP contribution in [0.1, 0.15) is 52.9 Å². The van der Waals surface area contributed by atoms with Gasteiger partial charge in [-0.1, -0.05) is 0 Å². The summed E-state index contributed by atoms with van der Waals surface area (Å²) >= 11 is 0. The second-order valence-electron chi connectivity index (χ2n) is 5.86. The van der Waals surface area contributed by atoms with Crippen LogP contribution in [0.25, 0.3) is 0 Å². The summed E-state index contributed by atoms with van der Waals surface area (Å²) in [4.78, 5) is 24.5. The van der Waals surface area contributed by atoms with Gasteiger partial charge in [-0.25, -0.2) is 0 Å². The van der Waals surface area contributed by atoms with Crippen molar-refractivity contribution in [3.63, 3.8) is 0 Å². The van der Waals surface area contributed by atoms with E-state index in [0.717, 1.165) is 25.7 Å². The van der Waals surface area contributed by atoms with Gasteiger partial charge in [-0.05, 0) is 58.8 Å². The topological polar surface area (TPSA) is 61.8 Å². The summed E-state index contributed by atoms with van der Waals surface area (Å²) in [6.07, 6.45) is 4.67. The van der Waals surface area contributed by atoms with Crippen molar-refractivity contribution in [2.45, 2.75) is 59.0 Å². The molecule has 1 aliphatic rings. The van der Waals surface area contributed by atoms with E-state index in [1.54, 1.807) is 27.9 Å². The molecule has 5 heteroatoms. The number of carbonyl (C=O) groups is 2. The van der Waals surface area contributed by atoms with E-state index in [1.807, 2.05) is 0 Å². The van der Waals surface area contributed by atoms with Crippen molar-refractivity contribution in [3.05, 3.63) is 0 Å². The molecule has 21 heavy (non-hydrogen) atoms. The number of rotatable bonds is 7. The first kappa shape index (κ1) is 18.0. The van der Waals surface area contributed by atoms with Crippen molar-refractivity contribution in [2.24, 2.45) is 11.3 Å². The first-order chi connectivity index (χ1) is 9.97. The predicted molar refractivity (Wildman–Crippen MR) is 78.7 cm³/mol. The molecule has 0 atom stereocenters. The van der Waals surface area contributed by atoms with E-state index in [2.05, 4.69) is 0 Å². The van der Waals surface area contributed by atoms with Crippen LogP contribution in [0, 0.1) is 11.3 Å². The minimum absolute atomic E-state index is 0.268. The fourth-order valence-electron chi connectivity index (χ4n) is 2.98. The Hall–Kier alpha value is -1.10. The maximum Gasteiger partial charge on any atom is 0.323 e. The van der Waals surface area contributed by atoms with Gasteiger partial charge in [0, 0.05) is 7.11 Å². The molecular weight excluding hydrogens is 272 g/mol. The van der Waals surface area contributed by atoms with Crippen LogP contribution in [0.5, 0.6) is 0 Å². The number of carbonyl (C=O) groups excluding carboxylic acids is 2. The van der Waals surface area contributed by atoms with Gasteiger partial charge in [-0.2, -0.15) is 0 Å². The zero-order chi connectivity index (χ0) is 15.9. The lowest BCUT2D eigenvalue weighted by molar-refractivity contribution is -0.172. The van der Waals surface area contributed by atoms with Crippen LogP contribution >= 0.6 is 0 Å². The van der Waals surface area contributed by atoms with Crippen molar-refractivity contribution in [1.29, 1.82) is 0 Å². The van der Waals surface area contributed by atoms with Gasteiger partial charge < -0.3 is 14.2 Å². The molecule has 0 spiro atoms. The molecule has 0 amide bonds. The number of hydrogen-bond donors (Lipinski definition) is 0. The van der Waals surface area contributed by atoms with Crippen LogP contribution in [0.4, 0.5) is 0 Å². The van der Waals surface area contributed by atoms with E-state index in [-0.39, 0.29) is 13.2 Å². The molecule has 122 valence electrons. The highest BCUT2D eigenvalue weighted by Gasteiger charge is 2.46. The molecule has 0 aliphatic heterocycles. The maximum atomic E-state index is 12.2. The van der Waals surface area contributed by atoms with Crippen molar-refractivity contribution < 1.29 is 23.8 Å². The summed E-state index contributed by atoms with van der Waals surface area (Å²) in [6.45, 7) is 5.67. The summed E-state index contributed by atoms with van der Waals surface area (Å²) in [5.74, 6) is -0.621. The third-order valence-corrected chi connectivity index (χ3v) is 4.28. The Morgan fingerprint density at radius 3 is 1.86 bits per heavy atom. The predicted octanol–water partition coefficient (Wildman–Crippen LogP) is 2.71. The molecule has 0 saturated heterocycles. The highest BCUT2D eigenvalue weighted by Crippen LogP contribution is 2.37. The second-order valence-corrected chi connectivity index (χ2v) is 5.86. The van der Waals surface area contributed by atoms with E-state index in [9.17, 15) is 9.59 Å². The molecule has 1 saturated carbocycles. The molecule has 1 aliphatic carbocycles. The van der Waals surface area contributed by atoms with E-state index in [1.165, 1.54) is 0 Å². The SMILES string of the molecule is CCOC(=O)C(C)(CC1CCC(OC)CC1)C(=O)OCC. The number of hydrogen-bond acceptors (Lipinski definition) is 5. The Morgan fingerprint density at radius 1 is 1.00 bits per heavy atom. The Bertz CT molecular complexity index is 327. The Labute approximate surface area is 127 Å². The van der Waals surface area contributed by atoms with E-state index in [0.29, 0.717) is 18.4 Å². The normalized spacial score (nSPS) is 22.7. The summed E-state index contributed by atoms with van der Waals surface area (Å²) in [6, 6.07) is 0. The average molecular weight is 300 g/mol. The Balaban J connectivity index is 2.73. The van der Waals surface area contributed by atoms with Crippen molar-refractivity contribution in [3.8, 4) is 0 Å². The van der Waals surface area contributed by atoms with Crippen LogP contribution < -0.4 is 0 Å². The van der Waals surface area contributed by atoms with Crippen LogP contribution in [-0.4, -0.2) is 38.4 Å². The number of methoxy groups -OCH3 is 1. The second kappa shape index (κ2) is 8.37. The molecule has 1 rings (SSSR count). The summed E-state index contributed by atoms with van der Waals surface area (Å²) in [5, 5.41) is 0. The van der Waals surface area contributed by atoms with Gasteiger partial charge in [0.05, 0.1) is 19.3 Å². The average Bonchev–Trinajstić information content (AvgIpc) is 2.48. The minimum atomic E-state index is -1.20. The largest absolute Gasteiger partial charge is 0.465 e. The lowest BCUT2D eigenvalue weighted by Gasteiger charge is -2.33. The molecular formula is C16H28O5. The first-order valence-electron chi connectivity index (χ1n) is 7.85. The maximum absolute atomic E-state index is 12.2. The molecule has 0 N–H and O–H groups in total. The Morgan fingerprint density at radius 2 is 1.48 bits per heavy atom. The Kier molecular flexibility index (Phi) is 7.15. The summed E-state index contributed by atoms with van der Waals surface area (Å²) < 4.78 is 15.5. The quantitative estimate of drug-likeness (QED) is 0.534. The van der Waals surface area contributed by atoms with E-state index >= 15 is 0 Å². The standard InChI is InChI=1S/C16H28O5/c1-5-20-14(17)16(3,15(18)21-6-2)11-12-7-9-13(19-4)10-8-12/h12-13H,5-11H2,1-4H3. The number of ether oxygens (including phenoxy) is 3. The highest BCUT2D eigenvalue weighted by atomic mass is 16.6. The molecule has 0 aromatic carbocycles. The zero-order valence-corrected chi connectivity index (χ0v) is 13.6. The fourth-order valence-corrected chi connectivity index (χ4v) is 2.98. The fraction of sp³-hybridized carbons (Fsp3) is 0.875. The van der Waals surface area contributed by atoms with Gasteiger partial charge in [-0.15, -0.1) is 0 Å². The van der Waals surface area contributed by atoms with Crippen LogP contribution in [0.2, 0.25) is 0 Å². The number of esters is 2. The van der Waals surface area contributed by atoms with Crippen LogP contribution in [-0.2, 0) is 23.8 Å².